The molecule has 8 heteroatoms. The number of piperidine rings is 1. The zero-order valence-electron chi connectivity index (χ0n) is 17.9. The van der Waals surface area contributed by atoms with Crippen molar-refractivity contribution in [1.82, 2.24) is 35.0 Å². The van der Waals surface area contributed by atoms with Crippen molar-refractivity contribution in [3.63, 3.8) is 0 Å². The molecule has 1 unspecified atom stereocenters. The molecule has 1 N–H and O–H groups in total. The van der Waals surface area contributed by atoms with Crippen molar-refractivity contribution < 1.29 is 4.79 Å². The van der Waals surface area contributed by atoms with Crippen LogP contribution in [0.1, 0.15) is 53.3 Å². The first-order valence-electron chi connectivity index (χ1n) is 11.1. The summed E-state index contributed by atoms with van der Waals surface area (Å²) in [7, 11) is 1.96. The molecule has 3 heterocycles. The molecule has 2 aliphatic rings. The van der Waals surface area contributed by atoms with Gasteiger partial charge in [-0.15, -0.1) is 5.10 Å². The standard InChI is InChI=1S/C23H29N7O/c1-28-15-19(14-25-28)16-29-11-9-23(10-12-29)8-7-21(23)30-17-20(26-27-30)22(31)24-13-18-5-3-2-4-6-18/h2-6,14-15,17,21H,7-13,16H2,1H3,(H,24,31). The van der Waals surface area contributed by atoms with Crippen molar-refractivity contribution in [2.75, 3.05) is 13.1 Å². The average molecular weight is 420 g/mol. The summed E-state index contributed by atoms with van der Waals surface area (Å²) < 4.78 is 3.80. The van der Waals surface area contributed by atoms with Gasteiger partial charge in [-0.05, 0) is 49.8 Å². The molecule has 2 aromatic heterocycles. The summed E-state index contributed by atoms with van der Waals surface area (Å²) in [5, 5.41) is 15.7. The Hall–Kier alpha value is -3.00. The van der Waals surface area contributed by atoms with Crippen LogP contribution in [0.25, 0.3) is 0 Å². The second-order valence-electron chi connectivity index (χ2n) is 8.97. The van der Waals surface area contributed by atoms with Crippen molar-refractivity contribution in [1.29, 1.82) is 0 Å². The summed E-state index contributed by atoms with van der Waals surface area (Å²) in [4.78, 5) is 15.0. The fourth-order valence-corrected chi connectivity index (χ4v) is 5.05. The SMILES string of the molecule is Cn1cc(CN2CCC3(CCC3n3cc(C(=O)NCc4ccccc4)nn3)CC2)cn1. The van der Waals surface area contributed by atoms with Gasteiger partial charge in [0, 0.05) is 31.9 Å². The molecule has 1 aromatic carbocycles. The van der Waals surface area contributed by atoms with E-state index in [9.17, 15) is 4.79 Å². The minimum atomic E-state index is -0.172. The molecule has 1 atom stereocenters. The second-order valence-corrected chi connectivity index (χ2v) is 8.97. The summed E-state index contributed by atoms with van der Waals surface area (Å²) >= 11 is 0. The Labute approximate surface area is 182 Å². The first kappa shape index (κ1) is 19.9. The van der Waals surface area contributed by atoms with Crippen molar-refractivity contribution in [2.24, 2.45) is 12.5 Å². The average Bonchev–Trinajstić information content (AvgIpc) is 3.42. The Morgan fingerprint density at radius 3 is 2.61 bits per heavy atom. The molecule has 0 bridgehead atoms. The Bertz CT molecular complexity index is 1030. The zero-order valence-corrected chi connectivity index (χ0v) is 17.9. The molecule has 1 aliphatic carbocycles. The molecule has 31 heavy (non-hydrogen) atoms. The first-order chi connectivity index (χ1) is 15.1. The monoisotopic (exact) mass is 419 g/mol. The third kappa shape index (κ3) is 4.12. The van der Waals surface area contributed by atoms with Crippen molar-refractivity contribution >= 4 is 5.91 Å². The summed E-state index contributed by atoms with van der Waals surface area (Å²) in [5.74, 6) is -0.172. The number of nitrogens with zero attached hydrogens (tertiary/aromatic N) is 6. The molecule has 0 radical (unpaired) electrons. The van der Waals surface area contributed by atoms with Gasteiger partial charge in [-0.25, -0.2) is 4.68 Å². The lowest BCUT2D eigenvalue weighted by molar-refractivity contribution is -0.0334. The maximum Gasteiger partial charge on any atom is 0.273 e. The molecule has 2 fully saturated rings. The van der Waals surface area contributed by atoms with E-state index in [0.717, 1.165) is 44.5 Å². The van der Waals surface area contributed by atoms with E-state index in [2.05, 4.69) is 31.8 Å². The van der Waals surface area contributed by atoms with Crippen LogP contribution in [0.4, 0.5) is 0 Å². The highest BCUT2D eigenvalue weighted by Gasteiger charge is 2.49. The molecular formula is C23H29N7O. The number of rotatable bonds is 6. The lowest BCUT2D eigenvalue weighted by Crippen LogP contribution is -2.49. The Balaban J connectivity index is 1.17. The van der Waals surface area contributed by atoms with Gasteiger partial charge in [0.2, 0.25) is 0 Å². The van der Waals surface area contributed by atoms with Crippen LogP contribution in [0.3, 0.4) is 0 Å². The molecule has 8 nitrogen and oxygen atoms in total. The molecule has 1 spiro atoms. The second kappa shape index (κ2) is 8.26. The van der Waals surface area contributed by atoms with E-state index in [1.165, 1.54) is 12.0 Å². The number of hydrogen-bond acceptors (Lipinski definition) is 5. The van der Waals surface area contributed by atoms with Gasteiger partial charge in [-0.2, -0.15) is 5.10 Å². The zero-order chi connectivity index (χ0) is 21.3. The van der Waals surface area contributed by atoms with Gasteiger partial charge in [0.15, 0.2) is 5.69 Å². The Kier molecular flexibility index (Phi) is 5.31. The number of hydrogen-bond donors (Lipinski definition) is 1. The summed E-state index contributed by atoms with van der Waals surface area (Å²) in [5.41, 5.74) is 3.02. The van der Waals surface area contributed by atoms with E-state index >= 15 is 0 Å². The highest BCUT2D eigenvalue weighted by molar-refractivity contribution is 5.91. The third-order valence-corrected chi connectivity index (χ3v) is 7.00. The molecule has 1 saturated carbocycles. The molecular weight excluding hydrogens is 390 g/mol. The van der Waals surface area contributed by atoms with Gasteiger partial charge >= 0.3 is 0 Å². The number of aryl methyl sites for hydroxylation is 1. The van der Waals surface area contributed by atoms with Crippen LogP contribution in [0, 0.1) is 5.41 Å². The third-order valence-electron chi connectivity index (χ3n) is 7.00. The van der Waals surface area contributed by atoms with Crippen LogP contribution in [-0.2, 0) is 20.1 Å². The van der Waals surface area contributed by atoms with Crippen LogP contribution in [-0.4, -0.2) is 48.7 Å². The van der Waals surface area contributed by atoms with Crippen LogP contribution in [0.2, 0.25) is 0 Å². The number of carbonyl (C=O) groups excluding carboxylic acids is 1. The van der Waals surface area contributed by atoms with E-state index in [1.54, 1.807) is 0 Å². The summed E-state index contributed by atoms with van der Waals surface area (Å²) in [6, 6.07) is 10.2. The number of amides is 1. The molecule has 1 saturated heterocycles. The number of nitrogens with one attached hydrogen (secondary N) is 1. The van der Waals surface area contributed by atoms with E-state index in [0.29, 0.717) is 18.3 Å². The number of carbonyl (C=O) groups is 1. The number of likely N-dealkylation sites (tertiary alicyclic amines) is 1. The normalized spacial score (nSPS) is 20.5. The maximum atomic E-state index is 12.5. The predicted molar refractivity (Wildman–Crippen MR) is 116 cm³/mol. The van der Waals surface area contributed by atoms with E-state index in [4.69, 9.17) is 0 Å². The van der Waals surface area contributed by atoms with Crippen LogP contribution in [0.5, 0.6) is 0 Å². The lowest BCUT2D eigenvalue weighted by atomic mass is 9.59. The summed E-state index contributed by atoms with van der Waals surface area (Å²) in [6.07, 6.45) is 10.5. The lowest BCUT2D eigenvalue weighted by Gasteiger charge is -2.53. The van der Waals surface area contributed by atoms with Gasteiger partial charge in [-0.3, -0.25) is 14.4 Å². The summed E-state index contributed by atoms with van der Waals surface area (Å²) in [6.45, 7) is 3.63. The van der Waals surface area contributed by atoms with Crippen molar-refractivity contribution in [3.8, 4) is 0 Å². The molecule has 162 valence electrons. The minimum absolute atomic E-state index is 0.172. The molecule has 1 amide bonds. The van der Waals surface area contributed by atoms with Crippen molar-refractivity contribution in [2.45, 2.75) is 44.8 Å². The Morgan fingerprint density at radius 1 is 1.13 bits per heavy atom. The van der Waals surface area contributed by atoms with E-state index in [1.807, 2.05) is 59.1 Å². The minimum Gasteiger partial charge on any atom is -0.347 e. The quantitative estimate of drug-likeness (QED) is 0.664. The fourth-order valence-electron chi connectivity index (χ4n) is 5.05. The van der Waals surface area contributed by atoms with E-state index < -0.39 is 0 Å². The maximum absolute atomic E-state index is 12.5. The van der Waals surface area contributed by atoms with Gasteiger partial charge in [0.05, 0.1) is 18.4 Å². The highest BCUT2D eigenvalue weighted by Crippen LogP contribution is 2.56. The van der Waals surface area contributed by atoms with Crippen LogP contribution < -0.4 is 5.32 Å². The smallest absolute Gasteiger partial charge is 0.273 e. The number of aromatic nitrogens is 5. The van der Waals surface area contributed by atoms with Gasteiger partial charge < -0.3 is 5.32 Å². The van der Waals surface area contributed by atoms with Crippen molar-refractivity contribution in [3.05, 3.63) is 65.7 Å². The number of benzene rings is 1. The van der Waals surface area contributed by atoms with Gasteiger partial charge in [0.25, 0.3) is 5.91 Å². The fraction of sp³-hybridized carbons (Fsp3) is 0.478. The highest BCUT2D eigenvalue weighted by atomic mass is 16.2. The topological polar surface area (TPSA) is 80.9 Å². The van der Waals surface area contributed by atoms with Gasteiger partial charge in [0.1, 0.15) is 0 Å². The van der Waals surface area contributed by atoms with E-state index in [-0.39, 0.29) is 11.3 Å². The molecule has 5 rings (SSSR count). The molecule has 3 aromatic rings. The van der Waals surface area contributed by atoms with Gasteiger partial charge in [-0.1, -0.05) is 35.5 Å². The largest absolute Gasteiger partial charge is 0.347 e. The van der Waals surface area contributed by atoms with Crippen LogP contribution >= 0.6 is 0 Å². The molecule has 1 aliphatic heterocycles. The van der Waals surface area contributed by atoms with Crippen LogP contribution in [0.15, 0.2) is 48.9 Å². The Morgan fingerprint density at radius 2 is 1.94 bits per heavy atom. The predicted octanol–water partition coefficient (Wildman–Crippen LogP) is 2.56. The first-order valence-corrected chi connectivity index (χ1v) is 11.1.